The number of hydrogen-bond donors (Lipinski definition) is 3. The number of phenols is 1. The molecule has 1 fully saturated rings. The number of ether oxygens (including phenoxy) is 1. The van der Waals surface area contributed by atoms with Crippen molar-refractivity contribution in [2.75, 3.05) is 51.3 Å². The number of methoxy groups -OCH3 is 1. The first-order valence-electron chi connectivity index (χ1n) is 13.6. The molecule has 1 aliphatic rings. The Hall–Kier alpha value is -4.96. The highest BCUT2D eigenvalue weighted by atomic mass is 16.5. The Kier molecular flexibility index (Phi) is 7.46. The van der Waals surface area contributed by atoms with E-state index < -0.39 is 0 Å². The first-order valence-corrected chi connectivity index (χ1v) is 13.6. The van der Waals surface area contributed by atoms with Crippen LogP contribution in [0.5, 0.6) is 11.6 Å². The molecule has 0 spiro atoms. The highest BCUT2D eigenvalue weighted by molar-refractivity contribution is 5.97. The summed E-state index contributed by atoms with van der Waals surface area (Å²) < 4.78 is 5.40. The van der Waals surface area contributed by atoms with Gasteiger partial charge in [0.25, 0.3) is 5.91 Å². The number of pyridine rings is 2. The molecule has 0 atom stereocenters. The maximum Gasteiger partial charge on any atom is 0.251 e. The number of rotatable bonds is 8. The number of carbonyl (C=O) groups excluding carboxylic acids is 1. The van der Waals surface area contributed by atoms with Crippen molar-refractivity contribution in [1.29, 1.82) is 0 Å². The van der Waals surface area contributed by atoms with Gasteiger partial charge in [0.1, 0.15) is 11.6 Å². The van der Waals surface area contributed by atoms with Crippen LogP contribution in [0.25, 0.3) is 33.5 Å². The van der Waals surface area contributed by atoms with Gasteiger partial charge < -0.3 is 25.0 Å². The summed E-state index contributed by atoms with van der Waals surface area (Å²) in [6, 6.07) is 18.5. The quantitative estimate of drug-likeness (QED) is 0.266. The molecule has 6 rings (SSSR count). The average molecular weight is 550 g/mol. The predicted octanol–water partition coefficient (Wildman–Crippen LogP) is 3.95. The number of hydrogen-bond acceptors (Lipinski definition) is 8. The number of phenolic OH excluding ortho intramolecular Hbond substituents is 1. The molecule has 1 aliphatic heterocycles. The van der Waals surface area contributed by atoms with Crippen LogP contribution in [0.4, 0.5) is 5.69 Å². The summed E-state index contributed by atoms with van der Waals surface area (Å²) in [5.41, 5.74) is 5.34. The fraction of sp³-hybridized carbons (Fsp3) is 0.226. The average Bonchev–Trinajstić information content (AvgIpc) is 3.45. The van der Waals surface area contributed by atoms with Crippen molar-refractivity contribution in [1.82, 2.24) is 30.2 Å². The Morgan fingerprint density at radius 1 is 1.00 bits per heavy atom. The van der Waals surface area contributed by atoms with E-state index in [9.17, 15) is 9.90 Å². The fourth-order valence-electron chi connectivity index (χ4n) is 5.16. The van der Waals surface area contributed by atoms with Crippen molar-refractivity contribution in [3.8, 4) is 34.1 Å². The lowest BCUT2D eigenvalue weighted by atomic mass is 10.0. The fourth-order valence-corrected chi connectivity index (χ4v) is 5.16. The highest BCUT2D eigenvalue weighted by Crippen LogP contribution is 2.35. The molecule has 1 saturated heterocycles. The third kappa shape index (κ3) is 5.68. The van der Waals surface area contributed by atoms with Crippen molar-refractivity contribution in [2.45, 2.75) is 0 Å². The highest BCUT2D eigenvalue weighted by Gasteiger charge is 2.18. The van der Waals surface area contributed by atoms with Crippen LogP contribution in [0, 0.1) is 0 Å². The predicted molar refractivity (Wildman–Crippen MR) is 158 cm³/mol. The van der Waals surface area contributed by atoms with Gasteiger partial charge in [-0.25, -0.2) is 9.97 Å². The summed E-state index contributed by atoms with van der Waals surface area (Å²) in [4.78, 5) is 33.9. The van der Waals surface area contributed by atoms with E-state index in [1.165, 1.54) is 5.69 Å². The van der Waals surface area contributed by atoms with Crippen LogP contribution in [0.3, 0.4) is 0 Å². The summed E-state index contributed by atoms with van der Waals surface area (Å²) in [7, 11) is 1.57. The lowest BCUT2D eigenvalue weighted by Crippen LogP contribution is -2.48. The summed E-state index contributed by atoms with van der Waals surface area (Å²) in [6.45, 7) is 5.16. The second kappa shape index (κ2) is 11.6. The molecule has 10 nitrogen and oxygen atoms in total. The molecule has 0 radical (unpaired) electrons. The smallest absolute Gasteiger partial charge is 0.251 e. The van der Waals surface area contributed by atoms with Gasteiger partial charge >= 0.3 is 0 Å². The van der Waals surface area contributed by atoms with Crippen LogP contribution in [-0.2, 0) is 0 Å². The molecule has 3 N–H and O–H groups in total. The number of piperazine rings is 1. The molecule has 3 aromatic heterocycles. The lowest BCUT2D eigenvalue weighted by molar-refractivity contribution is 0.0948. The Labute approximate surface area is 237 Å². The molecule has 41 heavy (non-hydrogen) atoms. The molecule has 1 amide bonds. The number of fused-ring (bicyclic) bond motifs is 1. The summed E-state index contributed by atoms with van der Waals surface area (Å²) >= 11 is 0. The van der Waals surface area contributed by atoms with Gasteiger partial charge in [-0.2, -0.15) is 0 Å². The van der Waals surface area contributed by atoms with Gasteiger partial charge in [-0.3, -0.25) is 14.7 Å². The van der Waals surface area contributed by atoms with Crippen molar-refractivity contribution < 1.29 is 14.6 Å². The summed E-state index contributed by atoms with van der Waals surface area (Å²) in [5, 5.41) is 13.7. The number of imidazole rings is 1. The first kappa shape index (κ1) is 26.3. The van der Waals surface area contributed by atoms with Gasteiger partial charge in [-0.15, -0.1) is 0 Å². The molecule has 5 aromatic rings. The van der Waals surface area contributed by atoms with Gasteiger partial charge in [0.2, 0.25) is 5.88 Å². The number of anilines is 1. The number of aromatic nitrogens is 4. The topological polar surface area (TPSA) is 120 Å². The zero-order chi connectivity index (χ0) is 28.2. The van der Waals surface area contributed by atoms with E-state index in [4.69, 9.17) is 4.74 Å². The van der Waals surface area contributed by atoms with E-state index in [-0.39, 0.29) is 11.7 Å². The third-order valence-corrected chi connectivity index (χ3v) is 7.39. The molecule has 2 aromatic carbocycles. The van der Waals surface area contributed by atoms with Crippen molar-refractivity contribution in [3.05, 3.63) is 84.8 Å². The van der Waals surface area contributed by atoms with Gasteiger partial charge in [-0.05, 0) is 60.2 Å². The molecular formula is C31H31N7O3. The molecule has 0 aliphatic carbocycles. The van der Waals surface area contributed by atoms with E-state index in [0.29, 0.717) is 40.4 Å². The zero-order valence-corrected chi connectivity index (χ0v) is 22.7. The minimum Gasteiger partial charge on any atom is -0.507 e. The van der Waals surface area contributed by atoms with E-state index in [0.717, 1.165) is 43.9 Å². The Morgan fingerprint density at radius 3 is 2.63 bits per heavy atom. The molecule has 0 saturated carbocycles. The molecule has 0 unspecified atom stereocenters. The van der Waals surface area contributed by atoms with Crippen LogP contribution >= 0.6 is 0 Å². The molecule has 0 bridgehead atoms. The number of nitrogens with one attached hydrogen (secondary N) is 2. The lowest BCUT2D eigenvalue weighted by Gasteiger charge is -2.36. The van der Waals surface area contributed by atoms with Gasteiger partial charge in [0, 0.05) is 74.7 Å². The van der Waals surface area contributed by atoms with E-state index in [1.54, 1.807) is 31.5 Å². The van der Waals surface area contributed by atoms with Gasteiger partial charge in [0.05, 0.1) is 23.7 Å². The second-order valence-electron chi connectivity index (χ2n) is 9.90. The molecular weight excluding hydrogens is 518 g/mol. The van der Waals surface area contributed by atoms with Crippen molar-refractivity contribution in [3.63, 3.8) is 0 Å². The number of aromatic amines is 1. The standard InChI is InChI=1S/C31H31N7O3/c1-41-31-24(3-2-10-34-31)21-5-7-28(39)25(19-21)29-35-26-6-4-22(20-27(26)36-29)30(40)33-13-14-37-15-17-38(18-16-37)23-8-11-32-12-9-23/h2-12,19-20,39H,13-18H2,1H3,(H,33,40)(H,35,36). The van der Waals surface area contributed by atoms with Crippen molar-refractivity contribution in [2.24, 2.45) is 0 Å². The number of nitrogens with zero attached hydrogens (tertiary/aromatic N) is 5. The van der Waals surface area contributed by atoms with Crippen LogP contribution in [-0.4, -0.2) is 82.2 Å². The Morgan fingerprint density at radius 2 is 1.83 bits per heavy atom. The number of H-pyrrole nitrogens is 1. The largest absolute Gasteiger partial charge is 0.507 e. The van der Waals surface area contributed by atoms with Crippen LogP contribution in [0.1, 0.15) is 10.4 Å². The zero-order valence-electron chi connectivity index (χ0n) is 22.7. The van der Waals surface area contributed by atoms with Crippen LogP contribution in [0.2, 0.25) is 0 Å². The minimum absolute atomic E-state index is 0.0928. The normalized spacial score (nSPS) is 13.8. The number of amides is 1. The van der Waals surface area contributed by atoms with Crippen molar-refractivity contribution >= 4 is 22.6 Å². The number of benzene rings is 2. The maximum absolute atomic E-state index is 12.9. The minimum atomic E-state index is -0.132. The Bertz CT molecular complexity index is 1660. The SMILES string of the molecule is COc1ncccc1-c1ccc(O)c(-c2nc3ccc(C(=O)NCCN4CCN(c5ccncc5)CC4)cc3[nH]2)c1. The van der Waals surface area contributed by atoms with E-state index in [1.807, 2.05) is 54.9 Å². The number of aromatic hydroxyl groups is 1. The van der Waals surface area contributed by atoms with Crippen LogP contribution < -0.4 is 15.0 Å². The molecule has 10 heteroatoms. The van der Waals surface area contributed by atoms with E-state index >= 15 is 0 Å². The number of carbonyl (C=O) groups is 1. The van der Waals surface area contributed by atoms with Gasteiger partial charge in [-0.1, -0.05) is 6.07 Å². The van der Waals surface area contributed by atoms with Gasteiger partial charge in [0.15, 0.2) is 0 Å². The summed E-state index contributed by atoms with van der Waals surface area (Å²) in [6.07, 6.45) is 5.31. The van der Waals surface area contributed by atoms with E-state index in [2.05, 4.69) is 35.1 Å². The molecule has 208 valence electrons. The maximum atomic E-state index is 12.9. The third-order valence-electron chi connectivity index (χ3n) is 7.39. The first-order chi connectivity index (χ1) is 20.1. The van der Waals surface area contributed by atoms with Crippen LogP contribution in [0.15, 0.2) is 79.3 Å². The second-order valence-corrected chi connectivity index (χ2v) is 9.90. The summed E-state index contributed by atoms with van der Waals surface area (Å²) in [5.74, 6) is 0.963. The Balaban J connectivity index is 1.10. The monoisotopic (exact) mass is 549 g/mol. The molecule has 4 heterocycles.